The predicted octanol–water partition coefficient (Wildman–Crippen LogP) is 7.36. The number of furan rings is 1. The van der Waals surface area contributed by atoms with E-state index in [-0.39, 0.29) is 29.5 Å². The molecule has 0 aliphatic carbocycles. The lowest BCUT2D eigenvalue weighted by atomic mass is 9.93. The van der Waals surface area contributed by atoms with Gasteiger partial charge in [0.1, 0.15) is 11.5 Å². The number of amides is 2. The van der Waals surface area contributed by atoms with E-state index in [1.807, 2.05) is 19.9 Å². The minimum atomic E-state index is -5.28. The van der Waals surface area contributed by atoms with Gasteiger partial charge in [0.05, 0.1) is 42.0 Å². The molecule has 1 aliphatic rings. The monoisotopic (exact) mass is 668 g/mol. The average molecular weight is 669 g/mol. The molecule has 250 valence electrons. The maximum absolute atomic E-state index is 14.3. The van der Waals surface area contributed by atoms with E-state index < -0.39 is 71.2 Å². The number of alkyl halides is 8. The molecule has 0 radical (unpaired) electrons. The Balaban J connectivity index is 1.61. The average Bonchev–Trinajstić information content (AvgIpc) is 3.45. The number of nitrogens with two attached hydrogens (primary N) is 1. The van der Waals surface area contributed by atoms with Crippen molar-refractivity contribution in [2.45, 2.75) is 38.7 Å². The second kappa shape index (κ2) is 13.4. The molecule has 1 saturated heterocycles. The maximum Gasteiger partial charge on any atom is 0.417 e. The van der Waals surface area contributed by atoms with Gasteiger partial charge in [0.25, 0.3) is 11.8 Å². The van der Waals surface area contributed by atoms with E-state index in [0.29, 0.717) is 17.7 Å². The van der Waals surface area contributed by atoms with E-state index in [0.717, 1.165) is 41.4 Å². The summed E-state index contributed by atoms with van der Waals surface area (Å²) in [7, 11) is 0. The molecule has 0 spiro atoms. The molecule has 47 heavy (non-hydrogen) atoms. The normalized spacial score (nSPS) is 15.5. The molecule has 0 unspecified atom stereocenters. The Morgan fingerprint density at radius 2 is 1.64 bits per heavy atom. The van der Waals surface area contributed by atoms with Gasteiger partial charge >= 0.3 is 12.4 Å². The van der Waals surface area contributed by atoms with Gasteiger partial charge in [-0.1, -0.05) is 26.0 Å². The fourth-order valence-electron chi connectivity index (χ4n) is 4.51. The molecule has 4 rings (SSSR count). The molecule has 3 N–H and O–H groups in total. The van der Waals surface area contributed by atoms with Gasteiger partial charge in [0.2, 0.25) is 5.91 Å². The van der Waals surface area contributed by atoms with Gasteiger partial charge in [-0.2, -0.15) is 26.3 Å². The van der Waals surface area contributed by atoms with Crippen LogP contribution in [0.1, 0.15) is 41.1 Å². The van der Waals surface area contributed by atoms with Crippen LogP contribution in [0.4, 0.5) is 35.1 Å². The molecule has 3 aromatic rings. The molecule has 2 aromatic heterocycles. The number of allylic oxidation sites excluding steroid dienone is 4. The van der Waals surface area contributed by atoms with Crippen molar-refractivity contribution in [1.29, 1.82) is 0 Å². The standard InChI is InChI=1S/C32H28F8N4O3/c1-18(2)3-4-19(13-41)5-10-27(45)43-15-22-7-9-26(47-22)28-23(31(35,36)37)11-21(12-24(28)32(38,39)40)25-8-6-20(14-42-25)29(46)44-16-30(33,34)17-44/h3-14,18H,15-17,41H2,1-2H3,(H,43,45)/b4-3-,10-5+,19-13+. The number of carbonyl (C=O) groups is 2. The van der Waals surface area contributed by atoms with Crippen LogP contribution in [-0.4, -0.2) is 40.7 Å². The number of aromatic nitrogens is 1. The summed E-state index contributed by atoms with van der Waals surface area (Å²) in [5.74, 6) is -5.12. The van der Waals surface area contributed by atoms with Gasteiger partial charge in [-0.15, -0.1) is 0 Å². The number of hydrogen-bond donors (Lipinski definition) is 2. The molecule has 3 heterocycles. The first kappa shape index (κ1) is 34.9. The first-order valence-corrected chi connectivity index (χ1v) is 14.0. The molecule has 0 atom stereocenters. The second-order valence-electron chi connectivity index (χ2n) is 11.0. The van der Waals surface area contributed by atoms with E-state index in [4.69, 9.17) is 10.2 Å². The van der Waals surface area contributed by atoms with Gasteiger partial charge in [0, 0.05) is 29.6 Å². The topological polar surface area (TPSA) is 101 Å². The first-order chi connectivity index (χ1) is 21.9. The summed E-state index contributed by atoms with van der Waals surface area (Å²) in [6.45, 7) is 1.89. The Bertz CT molecular complexity index is 1680. The van der Waals surface area contributed by atoms with Gasteiger partial charge in [-0.25, -0.2) is 8.78 Å². The highest BCUT2D eigenvalue weighted by Crippen LogP contribution is 2.47. The van der Waals surface area contributed by atoms with Crippen molar-refractivity contribution in [3.8, 4) is 22.6 Å². The number of likely N-dealkylation sites (tertiary alicyclic amines) is 1. The second-order valence-corrected chi connectivity index (χ2v) is 11.0. The molecular weight excluding hydrogens is 640 g/mol. The summed E-state index contributed by atoms with van der Waals surface area (Å²) in [4.78, 5) is 29.3. The smallest absolute Gasteiger partial charge is 0.417 e. The Morgan fingerprint density at radius 3 is 2.15 bits per heavy atom. The highest BCUT2D eigenvalue weighted by molar-refractivity contribution is 5.95. The molecule has 15 heteroatoms. The molecule has 0 saturated carbocycles. The number of carbonyl (C=O) groups excluding carboxylic acids is 2. The summed E-state index contributed by atoms with van der Waals surface area (Å²) in [6.07, 6.45) is -2.30. The highest BCUT2D eigenvalue weighted by atomic mass is 19.4. The zero-order chi connectivity index (χ0) is 34.7. The molecule has 7 nitrogen and oxygen atoms in total. The van der Waals surface area contributed by atoms with Crippen molar-refractivity contribution < 1.29 is 49.1 Å². The van der Waals surface area contributed by atoms with Crippen LogP contribution < -0.4 is 11.1 Å². The zero-order valence-corrected chi connectivity index (χ0v) is 24.8. The van der Waals surface area contributed by atoms with Crippen molar-refractivity contribution in [3.63, 3.8) is 0 Å². The maximum atomic E-state index is 14.3. The molecule has 0 bridgehead atoms. The highest BCUT2D eigenvalue weighted by Gasteiger charge is 2.46. The Morgan fingerprint density at radius 1 is 1.00 bits per heavy atom. The van der Waals surface area contributed by atoms with Gasteiger partial charge in [-0.05, 0) is 54.0 Å². The van der Waals surface area contributed by atoms with E-state index in [2.05, 4.69) is 10.3 Å². The van der Waals surface area contributed by atoms with Crippen molar-refractivity contribution >= 4 is 11.8 Å². The number of halogens is 8. The zero-order valence-electron chi connectivity index (χ0n) is 24.8. The third-order valence-corrected chi connectivity index (χ3v) is 6.83. The quantitative estimate of drug-likeness (QED) is 0.141. The lowest BCUT2D eigenvalue weighted by molar-refractivity contribution is -0.142. The summed E-state index contributed by atoms with van der Waals surface area (Å²) in [6, 6.07) is 5.10. The van der Waals surface area contributed by atoms with Gasteiger partial charge in [0.15, 0.2) is 0 Å². The minimum Gasteiger partial charge on any atom is -0.459 e. The number of benzene rings is 1. The molecule has 1 aliphatic heterocycles. The van der Waals surface area contributed by atoms with Crippen LogP contribution in [0.2, 0.25) is 0 Å². The van der Waals surface area contributed by atoms with Crippen LogP contribution in [0.15, 0.2) is 83.1 Å². The van der Waals surface area contributed by atoms with Crippen LogP contribution in [0.25, 0.3) is 22.6 Å². The van der Waals surface area contributed by atoms with Crippen molar-refractivity contribution in [2.75, 3.05) is 13.1 Å². The summed E-state index contributed by atoms with van der Waals surface area (Å²) in [5, 5.41) is 2.43. The molecule has 2 amide bonds. The fraction of sp³-hybridized carbons (Fsp3) is 0.281. The Labute approximate surface area is 263 Å². The van der Waals surface area contributed by atoms with Crippen LogP contribution >= 0.6 is 0 Å². The Hall–Kier alpha value is -4.95. The number of rotatable bonds is 9. The first-order valence-electron chi connectivity index (χ1n) is 14.0. The number of nitrogens with zero attached hydrogens (tertiary/aromatic N) is 2. The van der Waals surface area contributed by atoms with Crippen LogP contribution in [0.5, 0.6) is 0 Å². The third-order valence-electron chi connectivity index (χ3n) is 6.83. The summed E-state index contributed by atoms with van der Waals surface area (Å²) >= 11 is 0. The fourth-order valence-corrected chi connectivity index (χ4v) is 4.51. The number of nitrogens with one attached hydrogen (secondary N) is 1. The Kier molecular flexibility index (Phi) is 9.97. The van der Waals surface area contributed by atoms with E-state index in [1.54, 1.807) is 6.08 Å². The molecule has 1 fully saturated rings. The number of pyridine rings is 1. The minimum absolute atomic E-state index is 0.122. The van der Waals surface area contributed by atoms with Crippen LogP contribution in [0, 0.1) is 5.92 Å². The summed E-state index contributed by atoms with van der Waals surface area (Å²) < 4.78 is 117. The lowest BCUT2D eigenvalue weighted by Gasteiger charge is -2.38. The van der Waals surface area contributed by atoms with Crippen molar-refractivity contribution in [1.82, 2.24) is 15.2 Å². The lowest BCUT2D eigenvalue weighted by Crippen LogP contribution is -2.58. The third kappa shape index (κ3) is 8.65. The summed E-state index contributed by atoms with van der Waals surface area (Å²) in [5.41, 5.74) is 0.370. The molecule has 1 aromatic carbocycles. The predicted molar refractivity (Wildman–Crippen MR) is 155 cm³/mol. The van der Waals surface area contributed by atoms with E-state index in [9.17, 15) is 44.7 Å². The SMILES string of the molecule is CC(C)\C=C/C(/C=C/C(=O)NCc1ccc(-c2c(C(F)(F)F)cc(-c3ccc(C(=O)N4CC(F)(F)C4)cn3)cc2C(F)(F)F)o1)=C\N. The largest absolute Gasteiger partial charge is 0.459 e. The van der Waals surface area contributed by atoms with E-state index >= 15 is 0 Å². The molecular formula is C32H28F8N4O3. The van der Waals surface area contributed by atoms with Crippen LogP contribution in [-0.2, 0) is 23.7 Å². The van der Waals surface area contributed by atoms with E-state index in [1.165, 1.54) is 12.3 Å². The number of hydrogen-bond acceptors (Lipinski definition) is 5. The van der Waals surface area contributed by atoms with Crippen LogP contribution in [0.3, 0.4) is 0 Å². The van der Waals surface area contributed by atoms with Crippen molar-refractivity contribution in [3.05, 3.63) is 101 Å². The van der Waals surface area contributed by atoms with Gasteiger partial charge < -0.3 is 20.4 Å². The van der Waals surface area contributed by atoms with Crippen molar-refractivity contribution in [2.24, 2.45) is 11.7 Å². The van der Waals surface area contributed by atoms with Gasteiger partial charge in [-0.3, -0.25) is 14.6 Å².